The second-order valence-electron chi connectivity index (χ2n) is 7.00. The fourth-order valence-electron chi connectivity index (χ4n) is 3.07. The average Bonchev–Trinajstić information content (AvgIpc) is 2.63. The first-order valence-corrected chi connectivity index (χ1v) is 11.4. The van der Waals surface area contributed by atoms with E-state index in [2.05, 4.69) is 6.92 Å². The molecule has 144 valence electrons. The molecule has 1 aromatic rings. The number of hydrogen-bond donors (Lipinski definition) is 0. The largest absolute Gasteiger partial charge is 0.497 e. The normalized spacial score (nSPS) is 12.9. The van der Waals surface area contributed by atoms with Gasteiger partial charge in [-0.2, -0.15) is 0 Å². The second kappa shape index (κ2) is 12.3. The Hall–Kier alpha value is -1.03. The molecule has 3 nitrogen and oxygen atoms in total. The summed E-state index contributed by atoms with van der Waals surface area (Å²) in [6.45, 7) is 4.07. The molecular formula is C21H36O3S. The van der Waals surface area contributed by atoms with Crippen LogP contribution in [0.1, 0.15) is 84.5 Å². The van der Waals surface area contributed by atoms with Crippen molar-refractivity contribution >= 4 is 9.84 Å². The van der Waals surface area contributed by atoms with Crippen molar-refractivity contribution in [2.75, 3.05) is 7.11 Å². The molecule has 0 aromatic heterocycles. The lowest BCUT2D eigenvalue weighted by molar-refractivity contribution is 0.414. The van der Waals surface area contributed by atoms with Crippen LogP contribution in [-0.2, 0) is 9.84 Å². The second-order valence-corrected chi connectivity index (χ2v) is 9.37. The van der Waals surface area contributed by atoms with Gasteiger partial charge in [0.05, 0.1) is 17.3 Å². The Balaban J connectivity index is 2.21. The van der Waals surface area contributed by atoms with E-state index in [4.69, 9.17) is 4.74 Å². The molecule has 0 aliphatic rings. The van der Waals surface area contributed by atoms with Gasteiger partial charge in [-0.05, 0) is 37.6 Å². The van der Waals surface area contributed by atoms with Gasteiger partial charge in [0.15, 0.2) is 9.84 Å². The van der Waals surface area contributed by atoms with E-state index in [-0.39, 0.29) is 5.25 Å². The monoisotopic (exact) mass is 368 g/mol. The number of methoxy groups -OCH3 is 1. The van der Waals surface area contributed by atoms with Crippen LogP contribution in [-0.4, -0.2) is 20.8 Å². The maximum atomic E-state index is 12.6. The van der Waals surface area contributed by atoms with Crippen LogP contribution in [0, 0.1) is 0 Å². The smallest absolute Gasteiger partial charge is 0.180 e. The van der Waals surface area contributed by atoms with Crippen molar-refractivity contribution in [1.82, 2.24) is 0 Å². The van der Waals surface area contributed by atoms with Gasteiger partial charge in [-0.25, -0.2) is 8.42 Å². The third-order valence-corrected chi connectivity index (χ3v) is 7.11. The zero-order valence-electron chi connectivity index (χ0n) is 16.3. The molecule has 1 unspecified atom stereocenters. The molecule has 0 saturated heterocycles. The van der Waals surface area contributed by atoms with Crippen LogP contribution in [0.15, 0.2) is 29.2 Å². The molecule has 0 fully saturated rings. The molecule has 4 heteroatoms. The van der Waals surface area contributed by atoms with Crippen LogP contribution in [0.2, 0.25) is 0 Å². The van der Waals surface area contributed by atoms with Crippen LogP contribution < -0.4 is 4.74 Å². The highest BCUT2D eigenvalue weighted by molar-refractivity contribution is 7.92. The van der Waals surface area contributed by atoms with Gasteiger partial charge in [-0.3, -0.25) is 0 Å². The minimum atomic E-state index is -3.23. The van der Waals surface area contributed by atoms with E-state index in [0.29, 0.717) is 10.6 Å². The summed E-state index contributed by atoms with van der Waals surface area (Å²) in [6.07, 6.45) is 13.5. The molecule has 0 spiro atoms. The van der Waals surface area contributed by atoms with E-state index in [1.54, 1.807) is 31.4 Å². The highest BCUT2D eigenvalue weighted by Gasteiger charge is 2.22. The van der Waals surface area contributed by atoms with E-state index >= 15 is 0 Å². The van der Waals surface area contributed by atoms with E-state index in [1.165, 1.54) is 51.4 Å². The van der Waals surface area contributed by atoms with E-state index in [9.17, 15) is 8.42 Å². The van der Waals surface area contributed by atoms with Crippen LogP contribution >= 0.6 is 0 Å². The number of unbranched alkanes of at least 4 members (excludes halogenated alkanes) is 9. The molecule has 1 aromatic carbocycles. The first-order valence-electron chi connectivity index (χ1n) is 9.90. The van der Waals surface area contributed by atoms with Gasteiger partial charge in [-0.1, -0.05) is 71.1 Å². The lowest BCUT2D eigenvalue weighted by atomic mass is 10.1. The summed E-state index contributed by atoms with van der Waals surface area (Å²) in [5.41, 5.74) is 0. The number of ether oxygens (including phenoxy) is 1. The van der Waals surface area contributed by atoms with Crippen molar-refractivity contribution in [2.24, 2.45) is 0 Å². The quantitative estimate of drug-likeness (QED) is 0.369. The van der Waals surface area contributed by atoms with Crippen molar-refractivity contribution in [3.63, 3.8) is 0 Å². The van der Waals surface area contributed by atoms with Crippen LogP contribution in [0.4, 0.5) is 0 Å². The Morgan fingerprint density at radius 1 is 0.840 bits per heavy atom. The fraction of sp³-hybridized carbons (Fsp3) is 0.714. The van der Waals surface area contributed by atoms with Gasteiger partial charge < -0.3 is 4.74 Å². The summed E-state index contributed by atoms with van der Waals surface area (Å²) >= 11 is 0. The van der Waals surface area contributed by atoms with E-state index < -0.39 is 9.84 Å². The molecule has 0 bridgehead atoms. The molecule has 1 atom stereocenters. The van der Waals surface area contributed by atoms with E-state index in [1.807, 2.05) is 6.92 Å². The molecule has 0 radical (unpaired) electrons. The Labute approximate surface area is 155 Å². The molecule has 25 heavy (non-hydrogen) atoms. The molecular weight excluding hydrogens is 332 g/mol. The SMILES string of the molecule is CCCCCCCCCCCCC(C)S(=O)(=O)c1ccc(OC)cc1. The van der Waals surface area contributed by atoms with Crippen molar-refractivity contribution in [2.45, 2.75) is 94.6 Å². The maximum absolute atomic E-state index is 12.6. The summed E-state index contributed by atoms with van der Waals surface area (Å²) in [5.74, 6) is 0.682. The number of rotatable bonds is 14. The van der Waals surface area contributed by atoms with Gasteiger partial charge in [-0.15, -0.1) is 0 Å². The van der Waals surface area contributed by atoms with Gasteiger partial charge in [0.2, 0.25) is 0 Å². The summed E-state index contributed by atoms with van der Waals surface area (Å²) in [5, 5.41) is -0.324. The molecule has 1 rings (SSSR count). The number of sulfone groups is 1. The first kappa shape index (κ1) is 22.0. The summed E-state index contributed by atoms with van der Waals surface area (Å²) in [6, 6.07) is 6.70. The Morgan fingerprint density at radius 3 is 1.80 bits per heavy atom. The fourth-order valence-corrected chi connectivity index (χ4v) is 4.53. The molecule has 0 aliphatic carbocycles. The maximum Gasteiger partial charge on any atom is 0.180 e. The topological polar surface area (TPSA) is 43.4 Å². The van der Waals surface area contributed by atoms with Crippen molar-refractivity contribution in [3.05, 3.63) is 24.3 Å². The van der Waals surface area contributed by atoms with Gasteiger partial charge in [0.1, 0.15) is 5.75 Å². The lowest BCUT2D eigenvalue weighted by Gasteiger charge is -2.13. The summed E-state index contributed by atoms with van der Waals surface area (Å²) in [4.78, 5) is 0.396. The number of benzene rings is 1. The predicted molar refractivity (Wildman–Crippen MR) is 106 cm³/mol. The molecule has 0 N–H and O–H groups in total. The first-order chi connectivity index (χ1) is 12.0. The molecule has 0 saturated carbocycles. The zero-order chi connectivity index (χ0) is 18.5. The highest BCUT2D eigenvalue weighted by Crippen LogP contribution is 2.23. The highest BCUT2D eigenvalue weighted by atomic mass is 32.2. The van der Waals surface area contributed by atoms with Gasteiger partial charge in [0, 0.05) is 0 Å². The minimum absolute atomic E-state index is 0.324. The van der Waals surface area contributed by atoms with Gasteiger partial charge >= 0.3 is 0 Å². The van der Waals surface area contributed by atoms with Gasteiger partial charge in [0.25, 0.3) is 0 Å². The van der Waals surface area contributed by atoms with Crippen LogP contribution in [0.5, 0.6) is 5.75 Å². The third-order valence-electron chi connectivity index (χ3n) is 4.88. The van der Waals surface area contributed by atoms with E-state index in [0.717, 1.165) is 19.3 Å². The lowest BCUT2D eigenvalue weighted by Crippen LogP contribution is -2.17. The van der Waals surface area contributed by atoms with Crippen molar-refractivity contribution in [3.8, 4) is 5.75 Å². The van der Waals surface area contributed by atoms with Crippen molar-refractivity contribution in [1.29, 1.82) is 0 Å². The Morgan fingerprint density at radius 2 is 1.32 bits per heavy atom. The predicted octanol–water partition coefficient (Wildman–Crippen LogP) is 6.17. The summed E-state index contributed by atoms with van der Waals surface area (Å²) < 4.78 is 30.3. The van der Waals surface area contributed by atoms with Crippen LogP contribution in [0.3, 0.4) is 0 Å². The standard InChI is InChI=1S/C21H36O3S/c1-4-5-6-7-8-9-10-11-12-13-14-19(2)25(22,23)21-17-15-20(24-3)16-18-21/h15-19H,4-14H2,1-3H3. The Kier molecular flexibility index (Phi) is 10.9. The molecule has 0 aliphatic heterocycles. The Bertz CT molecular complexity index is 549. The van der Waals surface area contributed by atoms with Crippen molar-refractivity contribution < 1.29 is 13.2 Å². The van der Waals surface area contributed by atoms with Crippen LogP contribution in [0.25, 0.3) is 0 Å². The molecule has 0 amide bonds. The third kappa shape index (κ3) is 8.26. The zero-order valence-corrected chi connectivity index (χ0v) is 17.1. The summed E-state index contributed by atoms with van der Waals surface area (Å²) in [7, 11) is -1.65. The average molecular weight is 369 g/mol. The number of hydrogen-bond acceptors (Lipinski definition) is 3. The molecule has 0 heterocycles. The minimum Gasteiger partial charge on any atom is -0.497 e.